The molecule has 1 saturated carbocycles. The molecule has 2 aliphatic rings. The highest BCUT2D eigenvalue weighted by Gasteiger charge is 2.41. The van der Waals surface area contributed by atoms with Gasteiger partial charge in [0.25, 0.3) is 0 Å². The molecule has 2 fully saturated rings. The highest BCUT2D eigenvalue weighted by Crippen LogP contribution is 2.37. The van der Waals surface area contributed by atoms with Gasteiger partial charge < -0.3 is 10.1 Å². The lowest BCUT2D eigenvalue weighted by atomic mass is 9.85. The van der Waals surface area contributed by atoms with Crippen molar-refractivity contribution in [3.8, 4) is 0 Å². The fraction of sp³-hybridized carbons (Fsp3) is 1.00. The zero-order chi connectivity index (χ0) is 12.5. The lowest BCUT2D eigenvalue weighted by molar-refractivity contribution is -0.182. The Labute approximate surface area is 99.9 Å². The van der Waals surface area contributed by atoms with E-state index < -0.39 is 12.1 Å². The first-order chi connectivity index (χ1) is 7.97. The molecule has 2 atom stereocenters. The number of ether oxygens (including phenoxy) is 1. The summed E-state index contributed by atoms with van der Waals surface area (Å²) < 4.78 is 42.9. The molecule has 2 rings (SSSR count). The van der Waals surface area contributed by atoms with Crippen LogP contribution in [0.2, 0.25) is 0 Å². The van der Waals surface area contributed by atoms with Gasteiger partial charge in [-0.2, -0.15) is 13.2 Å². The van der Waals surface area contributed by atoms with Crippen molar-refractivity contribution in [1.82, 2.24) is 5.32 Å². The maximum Gasteiger partial charge on any atom is 0.391 e. The summed E-state index contributed by atoms with van der Waals surface area (Å²) in [5, 5.41) is 3.45. The topological polar surface area (TPSA) is 21.3 Å². The van der Waals surface area contributed by atoms with Gasteiger partial charge in [0.2, 0.25) is 0 Å². The Morgan fingerprint density at radius 3 is 2.18 bits per heavy atom. The van der Waals surface area contributed by atoms with Crippen LogP contribution >= 0.6 is 0 Å². The Kier molecular flexibility index (Phi) is 3.98. The van der Waals surface area contributed by atoms with Gasteiger partial charge in [0.1, 0.15) is 0 Å². The molecule has 1 aliphatic heterocycles. The average Bonchev–Trinajstić information content (AvgIpc) is 2.64. The van der Waals surface area contributed by atoms with Crippen molar-refractivity contribution in [2.24, 2.45) is 5.92 Å². The van der Waals surface area contributed by atoms with Gasteiger partial charge in [-0.25, -0.2) is 0 Å². The van der Waals surface area contributed by atoms with E-state index in [1.807, 2.05) is 6.92 Å². The van der Waals surface area contributed by atoms with E-state index in [-0.39, 0.29) is 25.0 Å². The summed E-state index contributed by atoms with van der Waals surface area (Å²) in [4.78, 5) is 0. The summed E-state index contributed by atoms with van der Waals surface area (Å²) in [5.74, 6) is -1.09. The minimum Gasteiger partial charge on any atom is -0.377 e. The second-order valence-electron chi connectivity index (χ2n) is 5.23. The van der Waals surface area contributed by atoms with Crippen molar-refractivity contribution in [2.75, 3.05) is 6.61 Å². The molecule has 100 valence electrons. The predicted octanol–water partition coefficient (Wildman–Crippen LogP) is 2.87. The molecule has 17 heavy (non-hydrogen) atoms. The second-order valence-corrected chi connectivity index (χ2v) is 5.23. The molecule has 1 heterocycles. The third-order valence-corrected chi connectivity index (χ3v) is 4.02. The maximum absolute atomic E-state index is 12.5. The second kappa shape index (κ2) is 5.14. The fourth-order valence-electron chi connectivity index (χ4n) is 2.84. The van der Waals surface area contributed by atoms with Crippen molar-refractivity contribution < 1.29 is 17.9 Å². The summed E-state index contributed by atoms with van der Waals surface area (Å²) in [6.07, 6.45) is -1.04. The smallest absolute Gasteiger partial charge is 0.377 e. The zero-order valence-corrected chi connectivity index (χ0v) is 10.1. The summed E-state index contributed by atoms with van der Waals surface area (Å²) in [5.41, 5.74) is 0. The van der Waals surface area contributed by atoms with Crippen LogP contribution in [0, 0.1) is 5.92 Å². The number of hydrogen-bond donors (Lipinski definition) is 1. The Hall–Kier alpha value is -0.290. The Bertz CT molecular complexity index is 249. The molecular weight excluding hydrogens is 231 g/mol. The van der Waals surface area contributed by atoms with Crippen molar-refractivity contribution in [1.29, 1.82) is 0 Å². The van der Waals surface area contributed by atoms with Gasteiger partial charge in [0.05, 0.1) is 12.0 Å². The number of rotatable bonds is 2. The van der Waals surface area contributed by atoms with E-state index in [2.05, 4.69) is 5.32 Å². The van der Waals surface area contributed by atoms with E-state index in [0.717, 1.165) is 13.0 Å². The molecule has 0 radical (unpaired) electrons. The van der Waals surface area contributed by atoms with Crippen molar-refractivity contribution >= 4 is 0 Å². The van der Waals surface area contributed by atoms with Crippen LogP contribution in [-0.2, 0) is 4.74 Å². The first-order valence-corrected chi connectivity index (χ1v) is 6.41. The maximum atomic E-state index is 12.5. The molecule has 0 aromatic carbocycles. The highest BCUT2D eigenvalue weighted by molar-refractivity contribution is 4.86. The molecule has 1 N–H and O–H groups in total. The van der Waals surface area contributed by atoms with Gasteiger partial charge >= 0.3 is 6.18 Å². The standard InChI is InChI=1S/C12H20F3NO/c1-8-11(6-7-17-8)16-10-4-2-9(3-5-10)12(13,14)15/h8-11,16H,2-7H2,1H3. The predicted molar refractivity (Wildman–Crippen MR) is 58.8 cm³/mol. The number of nitrogens with one attached hydrogen (secondary N) is 1. The van der Waals surface area contributed by atoms with Gasteiger partial charge in [0, 0.05) is 18.7 Å². The van der Waals surface area contributed by atoms with Crippen LogP contribution in [0.3, 0.4) is 0 Å². The average molecular weight is 251 g/mol. The third kappa shape index (κ3) is 3.35. The van der Waals surface area contributed by atoms with Crippen molar-refractivity contribution in [2.45, 2.75) is 63.4 Å². The molecule has 0 bridgehead atoms. The van der Waals surface area contributed by atoms with E-state index in [1.165, 1.54) is 0 Å². The van der Waals surface area contributed by atoms with E-state index in [0.29, 0.717) is 18.9 Å². The van der Waals surface area contributed by atoms with Gasteiger partial charge in [0.15, 0.2) is 0 Å². The first-order valence-electron chi connectivity index (χ1n) is 6.41. The summed E-state index contributed by atoms with van der Waals surface area (Å²) in [6.45, 7) is 2.78. The lowest BCUT2D eigenvalue weighted by Crippen LogP contribution is -2.44. The summed E-state index contributed by atoms with van der Waals surface area (Å²) in [7, 11) is 0. The summed E-state index contributed by atoms with van der Waals surface area (Å²) in [6, 6.07) is 0.560. The molecule has 1 aliphatic carbocycles. The number of alkyl halides is 3. The largest absolute Gasteiger partial charge is 0.391 e. The van der Waals surface area contributed by atoms with Gasteiger partial charge in [-0.3, -0.25) is 0 Å². The third-order valence-electron chi connectivity index (χ3n) is 4.02. The molecule has 0 aromatic rings. The van der Waals surface area contributed by atoms with Crippen LogP contribution in [0.15, 0.2) is 0 Å². The van der Waals surface area contributed by atoms with Crippen LogP contribution in [-0.4, -0.2) is 31.0 Å². The highest BCUT2D eigenvalue weighted by atomic mass is 19.4. The molecule has 2 nitrogen and oxygen atoms in total. The molecule has 0 amide bonds. The minimum atomic E-state index is -4.01. The van der Waals surface area contributed by atoms with Crippen molar-refractivity contribution in [3.63, 3.8) is 0 Å². The van der Waals surface area contributed by atoms with Gasteiger partial charge in [-0.05, 0) is 39.0 Å². The molecule has 5 heteroatoms. The van der Waals surface area contributed by atoms with Crippen molar-refractivity contribution in [3.05, 3.63) is 0 Å². The van der Waals surface area contributed by atoms with E-state index in [1.54, 1.807) is 0 Å². The number of halogens is 3. The SMILES string of the molecule is CC1OCCC1NC1CCC(C(F)(F)F)CC1. The Morgan fingerprint density at radius 1 is 1.06 bits per heavy atom. The normalized spacial score (nSPS) is 39.5. The van der Waals surface area contributed by atoms with E-state index in [4.69, 9.17) is 4.74 Å². The van der Waals surface area contributed by atoms with Crippen LogP contribution in [0.1, 0.15) is 39.0 Å². The van der Waals surface area contributed by atoms with E-state index in [9.17, 15) is 13.2 Å². The molecule has 0 spiro atoms. The van der Waals surface area contributed by atoms with Gasteiger partial charge in [-0.15, -0.1) is 0 Å². The lowest BCUT2D eigenvalue weighted by Gasteiger charge is -2.32. The minimum absolute atomic E-state index is 0.190. The van der Waals surface area contributed by atoms with Crippen LogP contribution in [0.5, 0.6) is 0 Å². The zero-order valence-electron chi connectivity index (χ0n) is 10.1. The quantitative estimate of drug-likeness (QED) is 0.814. The first kappa shape index (κ1) is 13.1. The van der Waals surface area contributed by atoms with Crippen LogP contribution in [0.25, 0.3) is 0 Å². The molecule has 1 saturated heterocycles. The molecular formula is C12H20F3NO. The fourth-order valence-corrected chi connectivity index (χ4v) is 2.84. The van der Waals surface area contributed by atoms with Gasteiger partial charge in [-0.1, -0.05) is 0 Å². The molecule has 2 unspecified atom stereocenters. The number of hydrogen-bond acceptors (Lipinski definition) is 2. The van der Waals surface area contributed by atoms with Crippen LogP contribution in [0.4, 0.5) is 13.2 Å². The van der Waals surface area contributed by atoms with Crippen LogP contribution < -0.4 is 5.32 Å². The molecule has 0 aromatic heterocycles. The Morgan fingerprint density at radius 2 is 1.71 bits per heavy atom. The van der Waals surface area contributed by atoms with E-state index >= 15 is 0 Å². The summed E-state index contributed by atoms with van der Waals surface area (Å²) >= 11 is 0. The monoisotopic (exact) mass is 251 g/mol. The Balaban J connectivity index is 1.76.